The molecule has 0 aliphatic carbocycles. The summed E-state index contributed by atoms with van der Waals surface area (Å²) >= 11 is 2.07. The van der Waals surface area contributed by atoms with Crippen LogP contribution in [0.5, 0.6) is 5.75 Å². The highest BCUT2D eigenvalue weighted by molar-refractivity contribution is 14.1. The summed E-state index contributed by atoms with van der Waals surface area (Å²) in [7, 11) is 0. The number of phenols is 1. The maximum absolute atomic E-state index is 12.4. The van der Waals surface area contributed by atoms with Crippen molar-refractivity contribution in [3.05, 3.63) is 27.3 Å². The minimum Gasteiger partial charge on any atom is -0.507 e. The molecule has 0 radical (unpaired) electrons. The Balaban J connectivity index is 2.86. The fourth-order valence-corrected chi connectivity index (χ4v) is 2.21. The third-order valence-corrected chi connectivity index (χ3v) is 3.31. The van der Waals surface area contributed by atoms with Gasteiger partial charge in [-0.1, -0.05) is 0 Å². The van der Waals surface area contributed by atoms with Crippen LogP contribution in [0, 0.1) is 3.57 Å². The zero-order chi connectivity index (χ0) is 15.3. The van der Waals surface area contributed by atoms with Gasteiger partial charge in [0.15, 0.2) is 0 Å². The van der Waals surface area contributed by atoms with E-state index < -0.39 is 0 Å². The molecule has 0 heterocycles. The molecule has 0 bridgehead atoms. The second kappa shape index (κ2) is 7.47. The third kappa shape index (κ3) is 4.66. The number of rotatable bonds is 5. The fraction of sp³-hybridized carbons (Fsp3) is 0.429. The maximum Gasteiger partial charge on any atom is 0.258 e. The average Bonchev–Trinajstić information content (AvgIpc) is 2.37. The molecule has 0 atom stereocenters. The largest absolute Gasteiger partial charge is 0.507 e. The monoisotopic (exact) mass is 390 g/mol. The number of hydrogen-bond acceptors (Lipinski definition) is 3. The molecule has 0 fully saturated rings. The molecule has 1 aromatic carbocycles. The molecule has 110 valence electrons. The van der Waals surface area contributed by atoms with Gasteiger partial charge in [-0.2, -0.15) is 0 Å². The number of halogens is 1. The number of amides is 2. The van der Waals surface area contributed by atoms with E-state index in [1.54, 1.807) is 19.1 Å². The first-order valence-electron chi connectivity index (χ1n) is 6.42. The second-order valence-electron chi connectivity index (χ2n) is 4.70. The third-order valence-electron chi connectivity index (χ3n) is 2.64. The Hall–Kier alpha value is -1.31. The van der Waals surface area contributed by atoms with Gasteiger partial charge in [-0.15, -0.1) is 0 Å². The molecule has 2 N–H and O–H groups in total. The van der Waals surface area contributed by atoms with Crippen LogP contribution >= 0.6 is 22.6 Å². The first-order chi connectivity index (χ1) is 9.35. The topological polar surface area (TPSA) is 69.6 Å². The molecule has 0 aliphatic rings. The van der Waals surface area contributed by atoms with E-state index in [0.717, 1.165) is 3.57 Å². The van der Waals surface area contributed by atoms with Crippen LogP contribution in [-0.2, 0) is 4.79 Å². The van der Waals surface area contributed by atoms with E-state index in [1.165, 1.54) is 11.0 Å². The number of aromatic hydroxyl groups is 1. The zero-order valence-corrected chi connectivity index (χ0v) is 14.0. The summed E-state index contributed by atoms with van der Waals surface area (Å²) in [5.41, 5.74) is 0.219. The van der Waals surface area contributed by atoms with Gasteiger partial charge >= 0.3 is 0 Å². The van der Waals surface area contributed by atoms with Gasteiger partial charge in [-0.3, -0.25) is 9.59 Å². The molecule has 0 unspecified atom stereocenters. The van der Waals surface area contributed by atoms with Crippen molar-refractivity contribution in [2.45, 2.75) is 26.8 Å². The summed E-state index contributed by atoms with van der Waals surface area (Å²) in [6, 6.07) is 4.84. The van der Waals surface area contributed by atoms with Crippen LogP contribution < -0.4 is 5.32 Å². The lowest BCUT2D eigenvalue weighted by Crippen LogP contribution is -2.42. The molecule has 0 aliphatic heterocycles. The highest BCUT2D eigenvalue weighted by Crippen LogP contribution is 2.21. The number of hydrogen-bond donors (Lipinski definition) is 2. The van der Waals surface area contributed by atoms with E-state index in [1.807, 2.05) is 13.8 Å². The Morgan fingerprint density at radius 2 is 2.05 bits per heavy atom. The number of benzene rings is 1. The van der Waals surface area contributed by atoms with Crippen molar-refractivity contribution in [2.24, 2.45) is 0 Å². The average molecular weight is 390 g/mol. The molecule has 0 saturated carbocycles. The van der Waals surface area contributed by atoms with Gasteiger partial charge < -0.3 is 15.3 Å². The number of carbonyl (C=O) groups excluding carboxylic acids is 2. The molecule has 6 heteroatoms. The number of nitrogens with one attached hydrogen (secondary N) is 1. The Labute approximate surface area is 132 Å². The van der Waals surface area contributed by atoms with E-state index >= 15 is 0 Å². The minimum atomic E-state index is -0.345. The van der Waals surface area contributed by atoms with Crippen LogP contribution in [0.3, 0.4) is 0 Å². The highest BCUT2D eigenvalue weighted by atomic mass is 127. The van der Waals surface area contributed by atoms with E-state index in [2.05, 4.69) is 27.9 Å². The van der Waals surface area contributed by atoms with E-state index in [4.69, 9.17) is 0 Å². The van der Waals surface area contributed by atoms with Crippen LogP contribution in [0.25, 0.3) is 0 Å². The van der Waals surface area contributed by atoms with Crippen molar-refractivity contribution in [1.29, 1.82) is 0 Å². The van der Waals surface area contributed by atoms with Crippen molar-refractivity contribution < 1.29 is 14.7 Å². The summed E-state index contributed by atoms with van der Waals surface area (Å²) < 4.78 is 0.853. The quantitative estimate of drug-likeness (QED) is 0.756. The fourth-order valence-electron chi connectivity index (χ4n) is 1.72. The molecule has 1 rings (SSSR count). The first kappa shape index (κ1) is 16.7. The SMILES string of the molecule is CCN(CC(=O)NC(C)C)C(=O)c1cc(I)ccc1O. The van der Waals surface area contributed by atoms with Crippen LogP contribution in [0.1, 0.15) is 31.1 Å². The molecule has 0 saturated heterocycles. The Morgan fingerprint density at radius 3 is 2.60 bits per heavy atom. The minimum absolute atomic E-state index is 0.0154. The van der Waals surface area contributed by atoms with E-state index in [-0.39, 0.29) is 35.7 Å². The van der Waals surface area contributed by atoms with Gasteiger partial charge in [0, 0.05) is 16.2 Å². The second-order valence-corrected chi connectivity index (χ2v) is 5.95. The lowest BCUT2D eigenvalue weighted by atomic mass is 10.1. The highest BCUT2D eigenvalue weighted by Gasteiger charge is 2.20. The number of carbonyl (C=O) groups is 2. The van der Waals surface area contributed by atoms with Gasteiger partial charge in [0.25, 0.3) is 5.91 Å². The van der Waals surface area contributed by atoms with Crippen molar-refractivity contribution in [1.82, 2.24) is 10.2 Å². The zero-order valence-electron chi connectivity index (χ0n) is 11.8. The summed E-state index contributed by atoms with van der Waals surface area (Å²) in [6.07, 6.45) is 0. The normalized spacial score (nSPS) is 10.4. The van der Waals surface area contributed by atoms with Gasteiger partial charge in [0.2, 0.25) is 5.91 Å². The van der Waals surface area contributed by atoms with E-state index in [0.29, 0.717) is 6.54 Å². The molecule has 0 aromatic heterocycles. The van der Waals surface area contributed by atoms with Crippen LogP contribution in [-0.4, -0.2) is 41.0 Å². The maximum atomic E-state index is 12.4. The lowest BCUT2D eigenvalue weighted by Gasteiger charge is -2.21. The predicted octanol–water partition coefficient (Wildman–Crippen LogP) is 1.98. The van der Waals surface area contributed by atoms with Crippen LogP contribution in [0.4, 0.5) is 0 Å². The van der Waals surface area contributed by atoms with E-state index in [9.17, 15) is 14.7 Å². The van der Waals surface area contributed by atoms with Gasteiger partial charge in [-0.05, 0) is 61.6 Å². The standard InChI is InChI=1S/C14H19IN2O3/c1-4-17(8-13(19)16-9(2)3)14(20)11-7-10(15)5-6-12(11)18/h5-7,9,18H,4,8H2,1-3H3,(H,16,19). The molecule has 2 amide bonds. The summed E-state index contributed by atoms with van der Waals surface area (Å²) in [6.45, 7) is 5.90. The summed E-state index contributed by atoms with van der Waals surface area (Å²) in [5.74, 6) is -0.624. The van der Waals surface area contributed by atoms with Crippen molar-refractivity contribution in [3.8, 4) is 5.75 Å². The van der Waals surface area contributed by atoms with Crippen molar-refractivity contribution in [2.75, 3.05) is 13.1 Å². The number of phenolic OH excluding ortho intramolecular Hbond substituents is 1. The Morgan fingerprint density at radius 1 is 1.40 bits per heavy atom. The molecular weight excluding hydrogens is 371 g/mol. The Kier molecular flexibility index (Phi) is 6.25. The van der Waals surface area contributed by atoms with Gasteiger partial charge in [-0.25, -0.2) is 0 Å². The van der Waals surface area contributed by atoms with Crippen LogP contribution in [0.2, 0.25) is 0 Å². The summed E-state index contributed by atoms with van der Waals surface area (Å²) in [4.78, 5) is 25.5. The van der Waals surface area contributed by atoms with Gasteiger partial charge in [0.1, 0.15) is 5.75 Å². The molecule has 0 spiro atoms. The molecule has 5 nitrogen and oxygen atoms in total. The predicted molar refractivity (Wildman–Crippen MR) is 85.7 cm³/mol. The lowest BCUT2D eigenvalue weighted by molar-refractivity contribution is -0.122. The molecule has 1 aromatic rings. The van der Waals surface area contributed by atoms with Gasteiger partial charge in [0.05, 0.1) is 12.1 Å². The molecule has 20 heavy (non-hydrogen) atoms. The first-order valence-corrected chi connectivity index (χ1v) is 7.50. The smallest absolute Gasteiger partial charge is 0.258 e. The number of nitrogens with zero attached hydrogens (tertiary/aromatic N) is 1. The molecular formula is C14H19IN2O3. The van der Waals surface area contributed by atoms with Crippen LogP contribution in [0.15, 0.2) is 18.2 Å². The Bertz CT molecular complexity index is 503. The van der Waals surface area contributed by atoms with Crippen molar-refractivity contribution >= 4 is 34.4 Å². The van der Waals surface area contributed by atoms with Crippen molar-refractivity contribution in [3.63, 3.8) is 0 Å². The summed E-state index contributed by atoms with van der Waals surface area (Å²) in [5, 5.41) is 12.5. The number of likely N-dealkylation sites (N-methyl/N-ethyl adjacent to an activating group) is 1.